The van der Waals surface area contributed by atoms with Gasteiger partial charge in [0.1, 0.15) is 28.4 Å². The fourth-order valence-electron chi connectivity index (χ4n) is 2.80. The van der Waals surface area contributed by atoms with Crippen LogP contribution < -0.4 is 5.43 Å². The number of phenols is 3. The van der Waals surface area contributed by atoms with E-state index < -0.39 is 36.7 Å². The molecule has 3 rings (SSSR count). The minimum absolute atomic E-state index is 0.0700. The predicted molar refractivity (Wildman–Crippen MR) is 90.7 cm³/mol. The molecule has 26 heavy (non-hydrogen) atoms. The van der Waals surface area contributed by atoms with Gasteiger partial charge in [0.15, 0.2) is 5.58 Å². The lowest BCUT2D eigenvalue weighted by Crippen LogP contribution is -2.12. The highest BCUT2D eigenvalue weighted by molar-refractivity contribution is 5.90. The second-order valence-electron chi connectivity index (χ2n) is 5.65. The van der Waals surface area contributed by atoms with Crippen molar-refractivity contribution in [2.75, 3.05) is 0 Å². The van der Waals surface area contributed by atoms with Crippen molar-refractivity contribution >= 4 is 11.0 Å². The molecule has 0 aliphatic carbocycles. The van der Waals surface area contributed by atoms with Crippen molar-refractivity contribution in [2.45, 2.75) is 19.8 Å². The third kappa shape index (κ3) is 2.66. The van der Waals surface area contributed by atoms with Crippen LogP contribution in [0.4, 0.5) is 0 Å². The first kappa shape index (κ1) is 17.7. The molecule has 0 unspecified atom stereocenters. The van der Waals surface area contributed by atoms with Crippen LogP contribution >= 0.6 is 0 Å². The number of aliphatic hydroxyl groups excluding tert-OH is 3. The van der Waals surface area contributed by atoms with Crippen LogP contribution in [-0.4, -0.2) is 30.6 Å². The Morgan fingerprint density at radius 1 is 0.808 bits per heavy atom. The summed E-state index contributed by atoms with van der Waals surface area (Å²) >= 11 is 0. The zero-order chi connectivity index (χ0) is 19.0. The summed E-state index contributed by atoms with van der Waals surface area (Å²) in [6.07, 6.45) is 0. The summed E-state index contributed by atoms with van der Waals surface area (Å²) in [5.74, 6) is -1.23. The maximum absolute atomic E-state index is 12.7. The Morgan fingerprint density at radius 2 is 1.50 bits per heavy atom. The van der Waals surface area contributed by atoms with Gasteiger partial charge >= 0.3 is 0 Å². The summed E-state index contributed by atoms with van der Waals surface area (Å²) in [6, 6.07) is 4.99. The van der Waals surface area contributed by atoms with Gasteiger partial charge in [0.05, 0.1) is 30.9 Å². The minimum Gasteiger partial charge on any atom is -0.508 e. The van der Waals surface area contributed by atoms with Crippen molar-refractivity contribution < 1.29 is 35.1 Å². The standard InChI is InChI=1S/C18H16O8/c19-5-9-3-8(1-2-12(9)22)17-11(7-21)16(25)15-14(24)4-13(23)10(6-20)18(15)26-17/h1-4,19-24H,5-7H2. The number of hydrogen-bond acceptors (Lipinski definition) is 8. The van der Waals surface area contributed by atoms with Crippen LogP contribution in [0.2, 0.25) is 0 Å². The normalized spacial score (nSPS) is 11.2. The van der Waals surface area contributed by atoms with Crippen molar-refractivity contribution in [1.29, 1.82) is 0 Å². The van der Waals surface area contributed by atoms with Gasteiger partial charge in [-0.05, 0) is 18.2 Å². The van der Waals surface area contributed by atoms with Gasteiger partial charge in [-0.25, -0.2) is 0 Å². The van der Waals surface area contributed by atoms with E-state index in [0.717, 1.165) is 6.07 Å². The Kier molecular flexibility index (Phi) is 4.56. The average Bonchev–Trinajstić information content (AvgIpc) is 2.61. The van der Waals surface area contributed by atoms with Crippen molar-refractivity contribution in [3.63, 3.8) is 0 Å². The number of fused-ring (bicyclic) bond motifs is 1. The van der Waals surface area contributed by atoms with E-state index in [1.165, 1.54) is 18.2 Å². The third-order valence-electron chi connectivity index (χ3n) is 4.15. The summed E-state index contributed by atoms with van der Waals surface area (Å²) in [6.45, 7) is -1.81. The van der Waals surface area contributed by atoms with Crippen molar-refractivity contribution in [3.8, 4) is 28.6 Å². The fraction of sp³-hybridized carbons (Fsp3) is 0.167. The van der Waals surface area contributed by atoms with Crippen LogP contribution in [0.25, 0.3) is 22.3 Å². The smallest absolute Gasteiger partial charge is 0.202 e. The van der Waals surface area contributed by atoms with Gasteiger partial charge in [0.25, 0.3) is 0 Å². The average molecular weight is 360 g/mol. The van der Waals surface area contributed by atoms with Crippen molar-refractivity contribution in [3.05, 3.63) is 51.2 Å². The quantitative estimate of drug-likeness (QED) is 0.404. The lowest BCUT2D eigenvalue weighted by molar-refractivity contribution is 0.273. The first-order valence-electron chi connectivity index (χ1n) is 7.61. The SMILES string of the molecule is O=c1c(CO)c(-c2ccc(O)c(CO)c2)oc2c(CO)c(O)cc(O)c12. The molecular weight excluding hydrogens is 344 g/mol. The highest BCUT2D eigenvalue weighted by Crippen LogP contribution is 2.37. The Morgan fingerprint density at radius 3 is 2.12 bits per heavy atom. The third-order valence-corrected chi connectivity index (χ3v) is 4.15. The van der Waals surface area contributed by atoms with Crippen LogP contribution in [0.3, 0.4) is 0 Å². The molecule has 0 fully saturated rings. The first-order chi connectivity index (χ1) is 12.4. The highest BCUT2D eigenvalue weighted by Gasteiger charge is 2.22. The van der Waals surface area contributed by atoms with E-state index in [1.807, 2.05) is 0 Å². The van der Waals surface area contributed by atoms with E-state index in [-0.39, 0.29) is 44.7 Å². The number of benzene rings is 2. The molecule has 0 saturated heterocycles. The second-order valence-corrected chi connectivity index (χ2v) is 5.65. The largest absolute Gasteiger partial charge is 0.508 e. The first-order valence-corrected chi connectivity index (χ1v) is 7.61. The Hall–Kier alpha value is -3.07. The highest BCUT2D eigenvalue weighted by atomic mass is 16.3. The van der Waals surface area contributed by atoms with Crippen LogP contribution in [0.5, 0.6) is 17.2 Å². The van der Waals surface area contributed by atoms with E-state index in [9.17, 15) is 35.4 Å². The molecule has 8 heteroatoms. The van der Waals surface area contributed by atoms with Gasteiger partial charge in [-0.3, -0.25) is 4.79 Å². The summed E-state index contributed by atoms with van der Waals surface area (Å²) in [7, 11) is 0. The van der Waals surface area contributed by atoms with Crippen molar-refractivity contribution in [2.24, 2.45) is 0 Å². The molecule has 0 bridgehead atoms. The van der Waals surface area contributed by atoms with E-state index in [4.69, 9.17) is 4.42 Å². The molecule has 0 atom stereocenters. The number of aromatic hydroxyl groups is 3. The molecule has 1 heterocycles. The van der Waals surface area contributed by atoms with Gasteiger partial charge in [-0.2, -0.15) is 0 Å². The van der Waals surface area contributed by atoms with E-state index >= 15 is 0 Å². The van der Waals surface area contributed by atoms with Gasteiger partial charge in [0.2, 0.25) is 5.43 Å². The summed E-state index contributed by atoms with van der Waals surface area (Å²) in [4.78, 5) is 12.7. The monoisotopic (exact) mass is 360 g/mol. The van der Waals surface area contributed by atoms with E-state index in [2.05, 4.69) is 0 Å². The molecule has 0 spiro atoms. The molecule has 0 amide bonds. The van der Waals surface area contributed by atoms with E-state index in [1.54, 1.807) is 0 Å². The lowest BCUT2D eigenvalue weighted by Gasteiger charge is -2.13. The van der Waals surface area contributed by atoms with Gasteiger partial charge in [0, 0.05) is 17.2 Å². The number of aliphatic hydroxyl groups is 3. The number of rotatable bonds is 4. The number of phenolic OH excluding ortho intramolecular Hbond substituents is 1. The zero-order valence-corrected chi connectivity index (χ0v) is 13.4. The maximum Gasteiger partial charge on any atom is 0.202 e. The molecule has 3 aromatic rings. The summed E-state index contributed by atoms with van der Waals surface area (Å²) in [5, 5.41) is 57.7. The van der Waals surface area contributed by atoms with Crippen LogP contribution in [0.15, 0.2) is 33.5 Å². The zero-order valence-electron chi connectivity index (χ0n) is 13.4. The Balaban J connectivity index is 2.45. The van der Waals surface area contributed by atoms with E-state index in [0.29, 0.717) is 0 Å². The maximum atomic E-state index is 12.7. The topological polar surface area (TPSA) is 152 Å². The molecule has 0 aliphatic rings. The molecule has 0 aliphatic heterocycles. The minimum atomic E-state index is -0.727. The molecule has 136 valence electrons. The Labute approximate surface area is 146 Å². The number of hydrogen-bond donors (Lipinski definition) is 6. The van der Waals surface area contributed by atoms with Crippen LogP contribution in [-0.2, 0) is 19.8 Å². The molecular formula is C18H16O8. The van der Waals surface area contributed by atoms with Crippen LogP contribution in [0.1, 0.15) is 16.7 Å². The Bertz CT molecular complexity index is 1050. The van der Waals surface area contributed by atoms with Crippen molar-refractivity contribution in [1.82, 2.24) is 0 Å². The molecule has 0 radical (unpaired) electrons. The molecule has 8 nitrogen and oxygen atoms in total. The second kappa shape index (κ2) is 6.68. The summed E-state index contributed by atoms with van der Waals surface area (Å²) < 4.78 is 5.67. The fourth-order valence-corrected chi connectivity index (χ4v) is 2.80. The van der Waals surface area contributed by atoms with Gasteiger partial charge < -0.3 is 35.1 Å². The predicted octanol–water partition coefficient (Wildman–Crippen LogP) is 1.05. The molecule has 6 N–H and O–H groups in total. The molecule has 1 aromatic heterocycles. The van der Waals surface area contributed by atoms with Gasteiger partial charge in [-0.15, -0.1) is 0 Å². The van der Waals surface area contributed by atoms with Crippen LogP contribution in [0, 0.1) is 0 Å². The molecule has 0 saturated carbocycles. The molecule has 2 aromatic carbocycles. The van der Waals surface area contributed by atoms with Gasteiger partial charge in [-0.1, -0.05) is 0 Å². The summed E-state index contributed by atoms with van der Waals surface area (Å²) in [5.41, 5.74) is -0.744. The lowest BCUT2D eigenvalue weighted by atomic mass is 10.0.